The van der Waals surface area contributed by atoms with Gasteiger partial charge in [0, 0.05) is 29.2 Å². The average Bonchev–Trinajstić information content (AvgIpc) is 3.42. The van der Waals surface area contributed by atoms with Crippen LogP contribution in [0.25, 0.3) is 11.3 Å². The molecular formula is C26H36ClN3O3. The van der Waals surface area contributed by atoms with Crippen molar-refractivity contribution in [1.82, 2.24) is 15.1 Å². The van der Waals surface area contributed by atoms with Gasteiger partial charge >= 0.3 is 0 Å². The van der Waals surface area contributed by atoms with Gasteiger partial charge in [-0.15, -0.1) is 0 Å². The van der Waals surface area contributed by atoms with E-state index in [2.05, 4.69) is 36.1 Å². The van der Waals surface area contributed by atoms with Crippen molar-refractivity contribution in [2.24, 2.45) is 5.92 Å². The zero-order valence-electron chi connectivity index (χ0n) is 19.8. The number of hydrogen-bond donors (Lipinski definition) is 2. The predicted octanol–water partition coefficient (Wildman–Crippen LogP) is 4.62. The molecule has 4 rings (SSSR count). The Morgan fingerprint density at radius 2 is 1.94 bits per heavy atom. The molecule has 5 atom stereocenters. The standard InChI is InChI=1S/C26H36ClN3O3/c1-4-5-18-16-20(29(2)3)10-11-22(18)30-15-14-21(26(30)32)28-25(31)24-13-12-23(33-24)17-6-8-19(27)9-7-17/h6-9,12-13,18,20-22,26,32H,4-5,10-11,14-16H2,1-3H3,(H,28,31)/t18-,20+,21?,22-,26-/m0/s1. The lowest BCUT2D eigenvalue weighted by Crippen LogP contribution is -2.52. The van der Waals surface area contributed by atoms with Gasteiger partial charge in [-0.05, 0) is 88.5 Å². The van der Waals surface area contributed by atoms with Gasteiger partial charge in [-0.25, -0.2) is 0 Å². The van der Waals surface area contributed by atoms with Crippen LogP contribution in [0.4, 0.5) is 0 Å². The minimum atomic E-state index is -0.667. The first-order valence-corrected chi connectivity index (χ1v) is 12.5. The zero-order chi connectivity index (χ0) is 23.5. The number of benzene rings is 1. The molecule has 0 spiro atoms. The number of carbonyl (C=O) groups excluding carboxylic acids is 1. The monoisotopic (exact) mass is 473 g/mol. The second kappa shape index (κ2) is 10.6. The number of halogens is 1. The summed E-state index contributed by atoms with van der Waals surface area (Å²) in [4.78, 5) is 17.4. The van der Waals surface area contributed by atoms with Crippen molar-refractivity contribution in [2.45, 2.75) is 69.8 Å². The highest BCUT2D eigenvalue weighted by Gasteiger charge is 2.42. The van der Waals surface area contributed by atoms with Gasteiger partial charge < -0.3 is 19.7 Å². The molecule has 2 heterocycles. The molecule has 1 aromatic heterocycles. The van der Waals surface area contributed by atoms with Crippen molar-refractivity contribution in [3.63, 3.8) is 0 Å². The molecule has 1 amide bonds. The van der Waals surface area contributed by atoms with E-state index in [1.807, 2.05) is 12.1 Å². The lowest BCUT2D eigenvalue weighted by molar-refractivity contribution is -0.0412. The Bertz CT molecular complexity index is 929. The summed E-state index contributed by atoms with van der Waals surface area (Å²) in [5.41, 5.74) is 0.862. The van der Waals surface area contributed by atoms with Crippen LogP contribution < -0.4 is 5.32 Å². The predicted molar refractivity (Wildman–Crippen MR) is 131 cm³/mol. The molecule has 2 fully saturated rings. The maximum absolute atomic E-state index is 12.9. The fourth-order valence-electron chi connectivity index (χ4n) is 5.59. The van der Waals surface area contributed by atoms with Crippen LogP contribution in [-0.4, -0.2) is 65.8 Å². The van der Waals surface area contributed by atoms with E-state index in [1.165, 1.54) is 12.8 Å². The number of furan rings is 1. The van der Waals surface area contributed by atoms with Crippen molar-refractivity contribution in [3.05, 3.63) is 47.2 Å². The van der Waals surface area contributed by atoms with Crippen LogP contribution in [0.1, 0.15) is 56.0 Å². The maximum Gasteiger partial charge on any atom is 0.287 e. The molecule has 2 aliphatic rings. The Kier molecular flexibility index (Phi) is 7.80. The van der Waals surface area contributed by atoms with Crippen molar-refractivity contribution in [2.75, 3.05) is 20.6 Å². The van der Waals surface area contributed by atoms with Crippen molar-refractivity contribution in [3.8, 4) is 11.3 Å². The number of rotatable bonds is 7. The highest BCUT2D eigenvalue weighted by Crippen LogP contribution is 2.36. The van der Waals surface area contributed by atoms with E-state index in [4.69, 9.17) is 16.0 Å². The molecule has 1 aliphatic carbocycles. The number of carbonyl (C=O) groups is 1. The first-order chi connectivity index (χ1) is 15.9. The normalized spacial score (nSPS) is 28.4. The summed E-state index contributed by atoms with van der Waals surface area (Å²) in [5, 5.41) is 14.8. The van der Waals surface area contributed by atoms with Crippen molar-refractivity contribution in [1.29, 1.82) is 0 Å². The number of hydrogen-bond acceptors (Lipinski definition) is 5. The molecule has 1 unspecified atom stereocenters. The molecule has 1 aliphatic heterocycles. The van der Waals surface area contributed by atoms with Gasteiger partial charge in [0.25, 0.3) is 5.91 Å². The number of likely N-dealkylation sites (tertiary alicyclic amines) is 1. The van der Waals surface area contributed by atoms with Gasteiger partial charge in [-0.3, -0.25) is 9.69 Å². The molecular weight excluding hydrogens is 438 g/mol. The number of amides is 1. The average molecular weight is 474 g/mol. The van der Waals surface area contributed by atoms with E-state index >= 15 is 0 Å². The number of aliphatic hydroxyl groups excluding tert-OH is 1. The third-order valence-electron chi connectivity index (χ3n) is 7.40. The van der Waals surface area contributed by atoms with E-state index in [1.54, 1.807) is 24.3 Å². The molecule has 0 radical (unpaired) electrons. The molecule has 1 saturated carbocycles. The van der Waals surface area contributed by atoms with Gasteiger partial charge in [0.1, 0.15) is 12.0 Å². The largest absolute Gasteiger partial charge is 0.451 e. The summed E-state index contributed by atoms with van der Waals surface area (Å²) >= 11 is 5.95. The van der Waals surface area contributed by atoms with Crippen LogP contribution in [0.2, 0.25) is 5.02 Å². The van der Waals surface area contributed by atoms with Gasteiger partial charge in [-0.2, -0.15) is 0 Å². The fourth-order valence-corrected chi connectivity index (χ4v) is 5.71. The quantitative estimate of drug-likeness (QED) is 0.614. The first kappa shape index (κ1) is 24.3. The summed E-state index contributed by atoms with van der Waals surface area (Å²) in [6.07, 6.45) is 5.82. The molecule has 180 valence electrons. The van der Waals surface area contributed by atoms with E-state index in [0.29, 0.717) is 28.8 Å². The highest BCUT2D eigenvalue weighted by molar-refractivity contribution is 6.30. The molecule has 1 saturated heterocycles. The third kappa shape index (κ3) is 5.46. The minimum absolute atomic E-state index is 0.251. The van der Waals surface area contributed by atoms with Gasteiger partial charge in [0.2, 0.25) is 0 Å². The van der Waals surface area contributed by atoms with Crippen LogP contribution >= 0.6 is 11.6 Å². The van der Waals surface area contributed by atoms with Crippen molar-refractivity contribution < 1.29 is 14.3 Å². The Balaban J connectivity index is 1.38. The lowest BCUT2D eigenvalue weighted by atomic mass is 9.78. The maximum atomic E-state index is 12.9. The van der Waals surface area contributed by atoms with Crippen LogP contribution in [-0.2, 0) is 0 Å². The van der Waals surface area contributed by atoms with E-state index in [9.17, 15) is 9.90 Å². The van der Waals surface area contributed by atoms with E-state index < -0.39 is 6.23 Å². The molecule has 6 nitrogen and oxygen atoms in total. The van der Waals surface area contributed by atoms with Gasteiger partial charge in [0.15, 0.2) is 5.76 Å². The molecule has 1 aromatic carbocycles. The van der Waals surface area contributed by atoms with Gasteiger partial charge in [0.05, 0.1) is 6.04 Å². The van der Waals surface area contributed by atoms with E-state index in [-0.39, 0.29) is 17.7 Å². The lowest BCUT2D eigenvalue weighted by Gasteiger charge is -2.44. The van der Waals surface area contributed by atoms with Crippen LogP contribution in [0.5, 0.6) is 0 Å². The van der Waals surface area contributed by atoms with Crippen LogP contribution in [0, 0.1) is 5.92 Å². The molecule has 2 N–H and O–H groups in total. The third-order valence-corrected chi connectivity index (χ3v) is 7.66. The highest BCUT2D eigenvalue weighted by atomic mass is 35.5. The minimum Gasteiger partial charge on any atom is -0.451 e. The van der Waals surface area contributed by atoms with Crippen LogP contribution in [0.3, 0.4) is 0 Å². The number of nitrogens with one attached hydrogen (secondary N) is 1. The van der Waals surface area contributed by atoms with Crippen molar-refractivity contribution >= 4 is 17.5 Å². The second-order valence-corrected chi connectivity index (χ2v) is 10.2. The summed E-state index contributed by atoms with van der Waals surface area (Å²) < 4.78 is 5.79. The summed E-state index contributed by atoms with van der Waals surface area (Å²) in [6, 6.07) is 11.5. The van der Waals surface area contributed by atoms with Gasteiger partial charge in [-0.1, -0.05) is 24.9 Å². The number of aliphatic hydroxyl groups is 1. The zero-order valence-corrected chi connectivity index (χ0v) is 20.6. The smallest absolute Gasteiger partial charge is 0.287 e. The summed E-state index contributed by atoms with van der Waals surface area (Å²) in [7, 11) is 4.33. The molecule has 0 bridgehead atoms. The second-order valence-electron chi connectivity index (χ2n) is 9.74. The topological polar surface area (TPSA) is 69.0 Å². The van der Waals surface area contributed by atoms with E-state index in [0.717, 1.165) is 37.8 Å². The molecule has 33 heavy (non-hydrogen) atoms. The van der Waals surface area contributed by atoms with Crippen LogP contribution in [0.15, 0.2) is 40.8 Å². The Hall–Kier alpha value is -1.86. The summed E-state index contributed by atoms with van der Waals surface area (Å²) in [5.74, 6) is 1.15. The molecule has 2 aromatic rings. The first-order valence-electron chi connectivity index (χ1n) is 12.1. The SMILES string of the molecule is CCC[C@H]1C[C@H](N(C)C)CC[C@@H]1N1CCC(NC(=O)c2ccc(-c3ccc(Cl)cc3)o2)[C@@H]1O. The summed E-state index contributed by atoms with van der Waals surface area (Å²) in [6.45, 7) is 3.04. The fraction of sp³-hybridized carbons (Fsp3) is 0.577. The Labute approximate surface area is 201 Å². The Morgan fingerprint density at radius 1 is 1.18 bits per heavy atom. The molecule has 7 heteroatoms. The Morgan fingerprint density at radius 3 is 2.64 bits per heavy atom. The number of nitrogens with zero attached hydrogens (tertiary/aromatic N) is 2.